The van der Waals surface area contributed by atoms with E-state index in [-0.39, 0.29) is 10.7 Å². The minimum atomic E-state index is -5.80. The van der Waals surface area contributed by atoms with Gasteiger partial charge in [-0.05, 0) is 11.6 Å². The minimum Gasteiger partial charge on any atom is -0.387 e. The predicted molar refractivity (Wildman–Crippen MR) is 144 cm³/mol. The van der Waals surface area contributed by atoms with Crippen molar-refractivity contribution in [3.05, 3.63) is 86.4 Å². The van der Waals surface area contributed by atoms with E-state index in [1.807, 2.05) is 6.07 Å². The highest BCUT2D eigenvalue weighted by molar-refractivity contribution is 7.66. The SMILES string of the molecule is O=c1ccn([C@@H]2O[C@H](COP(=O)(O)OP(=O)(O)OP(=O)(O)O)C(O)C2O)c(=O)n1Cc1nccc(-c2ccccc2)c1Cl. The molecule has 1 aromatic carbocycles. The van der Waals surface area contributed by atoms with Crippen LogP contribution in [0.1, 0.15) is 11.9 Å². The highest BCUT2D eigenvalue weighted by atomic mass is 35.5. The third kappa shape index (κ3) is 8.22. The Morgan fingerprint density at radius 3 is 2.26 bits per heavy atom. The fourth-order valence-corrected chi connectivity index (χ4v) is 7.34. The van der Waals surface area contributed by atoms with Crippen molar-refractivity contribution in [1.29, 1.82) is 0 Å². The maximum absolute atomic E-state index is 13.3. The van der Waals surface area contributed by atoms with E-state index in [1.54, 1.807) is 30.3 Å². The molecule has 0 bridgehead atoms. The first-order valence-electron chi connectivity index (χ1n) is 11.8. The number of halogens is 1. The van der Waals surface area contributed by atoms with Gasteiger partial charge in [-0.1, -0.05) is 41.9 Å². The molecule has 0 aliphatic carbocycles. The van der Waals surface area contributed by atoms with Crippen LogP contribution in [-0.4, -0.2) is 68.8 Å². The monoisotopic (exact) mass is 685 g/mol. The van der Waals surface area contributed by atoms with Gasteiger partial charge in [0.2, 0.25) is 0 Å². The first kappa shape index (κ1) is 33.5. The predicted octanol–water partition coefficient (Wildman–Crippen LogP) is 0.736. The molecule has 1 fully saturated rings. The van der Waals surface area contributed by atoms with Crippen molar-refractivity contribution in [2.45, 2.75) is 31.1 Å². The fourth-order valence-electron chi connectivity index (χ4n) is 4.03. The summed E-state index contributed by atoms with van der Waals surface area (Å²) in [5.74, 6) is 0. The van der Waals surface area contributed by atoms with Gasteiger partial charge in [0.05, 0.1) is 23.9 Å². The standard InChI is InChI=1S/C21H23ClN3O15P3/c22-17-13(12-4-2-1-3-5-12)6-8-23-14(17)10-25-16(26)7-9-24(21(25)29)20-19(28)18(27)15(38-20)11-37-42(33,34)40-43(35,36)39-41(30,31)32/h1-9,15,18-20,27-28H,10-11H2,(H,33,34)(H,35,36)(H2,30,31,32)/t15-,18?,19?,20-/m1/s1. The molecule has 3 aromatic rings. The molecule has 2 aromatic heterocycles. The van der Waals surface area contributed by atoms with E-state index in [2.05, 4.69) is 18.1 Å². The lowest BCUT2D eigenvalue weighted by Gasteiger charge is -2.19. The summed E-state index contributed by atoms with van der Waals surface area (Å²) in [7, 11) is -17.0. The minimum absolute atomic E-state index is 0.168. The number of hydrogen-bond donors (Lipinski definition) is 6. The topological polar surface area (TPSA) is 266 Å². The Labute approximate surface area is 245 Å². The van der Waals surface area contributed by atoms with Crippen LogP contribution in [0.25, 0.3) is 11.1 Å². The van der Waals surface area contributed by atoms with E-state index >= 15 is 0 Å². The van der Waals surface area contributed by atoms with Gasteiger partial charge >= 0.3 is 29.2 Å². The maximum Gasteiger partial charge on any atom is 0.490 e. The number of rotatable bonds is 11. The molecule has 43 heavy (non-hydrogen) atoms. The second-order valence-electron chi connectivity index (χ2n) is 8.85. The Kier molecular flexibility index (Phi) is 10.1. The van der Waals surface area contributed by atoms with Crippen LogP contribution in [0.3, 0.4) is 0 Å². The van der Waals surface area contributed by atoms with Crippen molar-refractivity contribution in [2.75, 3.05) is 6.61 Å². The molecule has 0 radical (unpaired) electrons. The smallest absolute Gasteiger partial charge is 0.387 e. The quantitative estimate of drug-likeness (QED) is 0.152. The largest absolute Gasteiger partial charge is 0.490 e. The van der Waals surface area contributed by atoms with E-state index in [9.17, 15) is 43.3 Å². The molecule has 4 rings (SSSR count). The van der Waals surface area contributed by atoms with Crippen LogP contribution in [0.15, 0.2) is 64.4 Å². The first-order valence-corrected chi connectivity index (χ1v) is 16.7. The van der Waals surface area contributed by atoms with Crippen LogP contribution < -0.4 is 11.2 Å². The van der Waals surface area contributed by atoms with Crippen LogP contribution in [0.4, 0.5) is 0 Å². The van der Waals surface area contributed by atoms with Gasteiger partial charge < -0.3 is 34.5 Å². The van der Waals surface area contributed by atoms with Crippen molar-refractivity contribution in [2.24, 2.45) is 0 Å². The van der Waals surface area contributed by atoms with E-state index in [0.717, 1.165) is 27.0 Å². The van der Waals surface area contributed by atoms with Crippen molar-refractivity contribution in [1.82, 2.24) is 14.1 Å². The molecule has 18 nitrogen and oxygen atoms in total. The fraction of sp³-hybridized carbons (Fsp3) is 0.286. The van der Waals surface area contributed by atoms with Gasteiger partial charge in [-0.3, -0.25) is 23.4 Å². The van der Waals surface area contributed by atoms with Crippen LogP contribution >= 0.6 is 35.1 Å². The van der Waals surface area contributed by atoms with Gasteiger partial charge in [-0.15, -0.1) is 0 Å². The van der Waals surface area contributed by atoms with Gasteiger partial charge in [0.25, 0.3) is 5.56 Å². The molecule has 0 spiro atoms. The molecule has 1 saturated heterocycles. The Balaban J connectivity index is 1.53. The molecule has 1 aliphatic rings. The molecule has 3 heterocycles. The Morgan fingerprint density at radius 2 is 1.60 bits per heavy atom. The van der Waals surface area contributed by atoms with Crippen LogP contribution in [0.2, 0.25) is 5.02 Å². The van der Waals surface area contributed by atoms with Crippen molar-refractivity contribution < 1.29 is 61.4 Å². The number of phosphoric ester groups is 1. The van der Waals surface area contributed by atoms with Crippen molar-refractivity contribution in [3.63, 3.8) is 0 Å². The molecule has 0 amide bonds. The van der Waals surface area contributed by atoms with Gasteiger partial charge in [0, 0.05) is 24.0 Å². The molecular weight excluding hydrogens is 663 g/mol. The number of aliphatic hydroxyl groups is 2. The van der Waals surface area contributed by atoms with Crippen LogP contribution in [0, 0.1) is 0 Å². The second-order valence-corrected chi connectivity index (χ2v) is 13.6. The molecule has 1 aliphatic heterocycles. The van der Waals surface area contributed by atoms with Crippen molar-refractivity contribution in [3.8, 4) is 11.1 Å². The van der Waals surface area contributed by atoms with Crippen LogP contribution in [0.5, 0.6) is 0 Å². The Bertz CT molecular complexity index is 1750. The summed E-state index contributed by atoms with van der Waals surface area (Å²) < 4.78 is 52.8. The van der Waals surface area contributed by atoms with E-state index < -0.39 is 72.4 Å². The number of aliphatic hydroxyl groups excluding tert-OH is 2. The van der Waals surface area contributed by atoms with Gasteiger partial charge in [-0.25, -0.2) is 18.5 Å². The van der Waals surface area contributed by atoms with Gasteiger partial charge in [0.15, 0.2) is 6.23 Å². The summed E-state index contributed by atoms with van der Waals surface area (Å²) in [5, 5.41) is 21.1. The van der Waals surface area contributed by atoms with E-state index in [0.29, 0.717) is 5.56 Å². The lowest BCUT2D eigenvalue weighted by Crippen LogP contribution is -2.43. The summed E-state index contributed by atoms with van der Waals surface area (Å²) in [6.45, 7) is -1.49. The summed E-state index contributed by atoms with van der Waals surface area (Å²) in [6.07, 6.45) is -4.64. The third-order valence-corrected chi connectivity index (χ3v) is 10.1. The zero-order valence-electron chi connectivity index (χ0n) is 21.3. The Hall–Kier alpha value is -2.37. The lowest BCUT2D eigenvalue weighted by molar-refractivity contribution is -0.0547. The van der Waals surface area contributed by atoms with Crippen molar-refractivity contribution >= 4 is 35.1 Å². The third-order valence-electron chi connectivity index (χ3n) is 5.88. The van der Waals surface area contributed by atoms with Gasteiger partial charge in [0.1, 0.15) is 18.3 Å². The summed E-state index contributed by atoms with van der Waals surface area (Å²) in [6, 6.07) is 11.6. The number of pyridine rings is 1. The molecule has 6 atom stereocenters. The number of ether oxygens (including phenoxy) is 1. The molecule has 6 N–H and O–H groups in total. The zero-order chi connectivity index (χ0) is 31.7. The number of benzene rings is 1. The summed E-state index contributed by atoms with van der Waals surface area (Å²) in [5.41, 5.74) is -0.260. The average molecular weight is 686 g/mol. The molecule has 4 unspecified atom stereocenters. The van der Waals surface area contributed by atoms with Gasteiger partial charge in [-0.2, -0.15) is 8.62 Å². The normalized spacial score (nSPS) is 23.5. The molecular formula is C21H23ClN3O15P3. The lowest BCUT2D eigenvalue weighted by atomic mass is 10.1. The van der Waals surface area contributed by atoms with E-state index in [4.69, 9.17) is 26.1 Å². The number of nitrogens with zero attached hydrogens (tertiary/aromatic N) is 3. The first-order chi connectivity index (χ1) is 20.0. The average Bonchev–Trinajstić information content (AvgIpc) is 3.18. The van der Waals surface area contributed by atoms with Crippen LogP contribution in [-0.2, 0) is 38.1 Å². The number of aromatic nitrogens is 3. The highest BCUT2D eigenvalue weighted by Crippen LogP contribution is 2.66. The summed E-state index contributed by atoms with van der Waals surface area (Å²) >= 11 is 6.54. The second kappa shape index (κ2) is 12.9. The molecule has 234 valence electrons. The molecule has 22 heteroatoms. The molecule has 0 saturated carbocycles. The Morgan fingerprint density at radius 1 is 0.930 bits per heavy atom. The zero-order valence-corrected chi connectivity index (χ0v) is 24.8. The number of hydrogen-bond acceptors (Lipinski definition) is 12. The van der Waals surface area contributed by atoms with E-state index in [1.165, 1.54) is 6.20 Å². The summed E-state index contributed by atoms with van der Waals surface area (Å²) in [4.78, 5) is 66.2. The maximum atomic E-state index is 13.3. The highest BCUT2D eigenvalue weighted by Gasteiger charge is 2.47. The number of phosphoric acid groups is 3.